The number of fused-ring (bicyclic) bond motifs is 4. The summed E-state index contributed by atoms with van der Waals surface area (Å²) >= 11 is 0. The average Bonchev–Trinajstić information content (AvgIpc) is 3.07. The molecule has 3 heterocycles. The molecule has 29 heavy (non-hydrogen) atoms. The van der Waals surface area contributed by atoms with Crippen LogP contribution < -0.4 is 5.32 Å². The first-order chi connectivity index (χ1) is 13.9. The van der Waals surface area contributed by atoms with E-state index in [-0.39, 0.29) is 5.54 Å². The first-order valence-corrected chi connectivity index (χ1v) is 10.2. The lowest BCUT2D eigenvalue weighted by Crippen LogP contribution is -2.54. The fraction of sp³-hybridized carbons (Fsp3) is 0.391. The second-order valence-electron chi connectivity index (χ2n) is 8.44. The Labute approximate surface area is 167 Å². The molecule has 152 valence electrons. The normalized spacial score (nSPS) is 19.0. The number of rotatable bonds is 2. The van der Waals surface area contributed by atoms with E-state index in [2.05, 4.69) is 40.3 Å². The molecule has 0 radical (unpaired) electrons. The summed E-state index contributed by atoms with van der Waals surface area (Å²) < 4.78 is 40.3. The maximum Gasteiger partial charge on any atom is 0.194 e. The van der Waals surface area contributed by atoms with Gasteiger partial charge < -0.3 is 10.3 Å². The van der Waals surface area contributed by atoms with Crippen molar-refractivity contribution in [1.29, 1.82) is 0 Å². The zero-order valence-corrected chi connectivity index (χ0v) is 16.4. The maximum atomic E-state index is 13.5. The first kappa shape index (κ1) is 18.7. The van der Waals surface area contributed by atoms with Crippen LogP contribution >= 0.6 is 0 Å². The lowest BCUT2D eigenvalue weighted by atomic mass is 9.79. The molecular formula is C23H24F3N3. The van der Waals surface area contributed by atoms with Crippen molar-refractivity contribution in [3.05, 3.63) is 70.2 Å². The molecular weight excluding hydrogens is 375 g/mol. The summed E-state index contributed by atoms with van der Waals surface area (Å²) in [6.45, 7) is 5.10. The van der Waals surface area contributed by atoms with E-state index in [0.717, 1.165) is 51.0 Å². The standard InChI is InChI=1S/C23H24F3N3/c1-14-2-3-20-17(10-14)16-4-7-27-23(22(16)28-20)5-8-29(9-6-23)13-15-11-18(24)21(26)19(25)12-15/h2-3,10-12,27-28H,4-9,13H2,1H3. The molecule has 6 heteroatoms. The number of hydrogen-bond donors (Lipinski definition) is 2. The Morgan fingerprint density at radius 3 is 2.48 bits per heavy atom. The first-order valence-electron chi connectivity index (χ1n) is 10.2. The second kappa shape index (κ2) is 6.89. The Kier molecular flexibility index (Phi) is 4.44. The highest BCUT2D eigenvalue weighted by Crippen LogP contribution is 2.40. The van der Waals surface area contributed by atoms with E-state index in [9.17, 15) is 13.2 Å². The van der Waals surface area contributed by atoms with Crippen LogP contribution in [0.5, 0.6) is 0 Å². The molecule has 1 fully saturated rings. The summed E-state index contributed by atoms with van der Waals surface area (Å²) in [4.78, 5) is 5.85. The third kappa shape index (κ3) is 3.15. The topological polar surface area (TPSA) is 31.1 Å². The maximum absolute atomic E-state index is 13.5. The molecule has 5 rings (SSSR count). The van der Waals surface area contributed by atoms with Crippen molar-refractivity contribution in [2.45, 2.75) is 38.3 Å². The predicted octanol–water partition coefficient (Wildman–Crippen LogP) is 4.53. The molecule has 0 bridgehead atoms. The Balaban J connectivity index is 1.37. The van der Waals surface area contributed by atoms with Crippen LogP contribution in [0.2, 0.25) is 0 Å². The van der Waals surface area contributed by atoms with Gasteiger partial charge in [0.05, 0.1) is 5.54 Å². The van der Waals surface area contributed by atoms with Crippen LogP contribution in [0.3, 0.4) is 0 Å². The molecule has 0 aliphatic carbocycles. The number of nitrogens with zero attached hydrogens (tertiary/aromatic N) is 1. The van der Waals surface area contributed by atoms with E-state index in [1.54, 1.807) is 0 Å². The van der Waals surface area contributed by atoms with Crippen LogP contribution in [0.15, 0.2) is 30.3 Å². The molecule has 1 spiro atoms. The third-order valence-corrected chi connectivity index (χ3v) is 6.54. The fourth-order valence-corrected chi connectivity index (χ4v) is 5.02. The Morgan fingerprint density at radius 1 is 1.03 bits per heavy atom. The average molecular weight is 399 g/mol. The van der Waals surface area contributed by atoms with Crippen LogP contribution in [-0.2, 0) is 18.5 Å². The Hall–Kier alpha value is -2.31. The van der Waals surface area contributed by atoms with Gasteiger partial charge in [0, 0.05) is 42.8 Å². The summed E-state index contributed by atoms with van der Waals surface area (Å²) in [6, 6.07) is 8.74. The minimum atomic E-state index is -1.40. The van der Waals surface area contributed by atoms with Crippen LogP contribution in [0.25, 0.3) is 10.9 Å². The highest BCUT2D eigenvalue weighted by Gasteiger charge is 2.41. The SMILES string of the molecule is Cc1ccc2[nH]c3c(c2c1)CCNC31CCN(Cc2cc(F)c(F)c(F)c2)CC1. The summed E-state index contributed by atoms with van der Waals surface area (Å²) in [7, 11) is 0. The van der Waals surface area contributed by atoms with Gasteiger partial charge >= 0.3 is 0 Å². The van der Waals surface area contributed by atoms with Crippen molar-refractivity contribution in [3.8, 4) is 0 Å². The number of nitrogens with one attached hydrogen (secondary N) is 2. The van der Waals surface area contributed by atoms with Gasteiger partial charge in [0.2, 0.25) is 0 Å². The number of halogens is 3. The lowest BCUT2D eigenvalue weighted by molar-refractivity contribution is 0.121. The van der Waals surface area contributed by atoms with Gasteiger partial charge in [-0.1, -0.05) is 11.6 Å². The molecule has 2 aliphatic rings. The summed E-state index contributed by atoms with van der Waals surface area (Å²) in [6.07, 6.45) is 2.84. The zero-order valence-electron chi connectivity index (χ0n) is 16.4. The number of aromatic nitrogens is 1. The summed E-state index contributed by atoms with van der Waals surface area (Å²) in [5, 5.41) is 5.07. The van der Waals surface area contributed by atoms with Gasteiger partial charge in [0.15, 0.2) is 17.5 Å². The van der Waals surface area contributed by atoms with E-state index >= 15 is 0 Å². The second-order valence-corrected chi connectivity index (χ2v) is 8.44. The van der Waals surface area contributed by atoms with Gasteiger partial charge in [0.1, 0.15) is 0 Å². The van der Waals surface area contributed by atoms with Crippen molar-refractivity contribution in [2.24, 2.45) is 0 Å². The number of benzene rings is 2. The quantitative estimate of drug-likeness (QED) is 0.621. The minimum Gasteiger partial charge on any atom is -0.357 e. The fourth-order valence-electron chi connectivity index (χ4n) is 5.02. The summed E-state index contributed by atoms with van der Waals surface area (Å²) in [5.41, 5.74) is 5.54. The van der Waals surface area contributed by atoms with Crippen molar-refractivity contribution in [1.82, 2.24) is 15.2 Å². The van der Waals surface area contributed by atoms with E-state index in [1.807, 2.05) is 0 Å². The number of hydrogen-bond acceptors (Lipinski definition) is 2. The molecule has 1 aromatic heterocycles. The molecule has 0 atom stereocenters. The molecule has 0 saturated carbocycles. The van der Waals surface area contributed by atoms with Gasteiger partial charge in [-0.05, 0) is 61.6 Å². The van der Waals surface area contributed by atoms with E-state index in [0.29, 0.717) is 12.1 Å². The van der Waals surface area contributed by atoms with Crippen LogP contribution in [-0.4, -0.2) is 29.5 Å². The molecule has 2 aliphatic heterocycles. The molecule has 3 aromatic rings. The smallest absolute Gasteiger partial charge is 0.194 e. The molecule has 2 aromatic carbocycles. The highest BCUT2D eigenvalue weighted by atomic mass is 19.2. The molecule has 3 nitrogen and oxygen atoms in total. The van der Waals surface area contributed by atoms with Gasteiger partial charge in [0.25, 0.3) is 0 Å². The number of H-pyrrole nitrogens is 1. The molecule has 2 N–H and O–H groups in total. The predicted molar refractivity (Wildman–Crippen MR) is 107 cm³/mol. The van der Waals surface area contributed by atoms with E-state index in [4.69, 9.17) is 0 Å². The zero-order chi connectivity index (χ0) is 20.2. The summed E-state index contributed by atoms with van der Waals surface area (Å²) in [5.74, 6) is -3.65. The minimum absolute atomic E-state index is 0.0870. The van der Waals surface area contributed by atoms with Crippen molar-refractivity contribution in [3.63, 3.8) is 0 Å². The van der Waals surface area contributed by atoms with Crippen molar-refractivity contribution < 1.29 is 13.2 Å². The van der Waals surface area contributed by atoms with Crippen molar-refractivity contribution >= 4 is 10.9 Å². The Morgan fingerprint density at radius 2 is 1.76 bits per heavy atom. The number of aryl methyl sites for hydroxylation is 1. The van der Waals surface area contributed by atoms with Crippen LogP contribution in [0.1, 0.15) is 35.2 Å². The van der Waals surface area contributed by atoms with Gasteiger partial charge in [-0.15, -0.1) is 0 Å². The molecule has 1 saturated heterocycles. The Bertz CT molecular complexity index is 1060. The number of piperidine rings is 1. The van der Waals surface area contributed by atoms with E-state index < -0.39 is 17.5 Å². The van der Waals surface area contributed by atoms with Gasteiger partial charge in [-0.2, -0.15) is 0 Å². The third-order valence-electron chi connectivity index (χ3n) is 6.54. The largest absolute Gasteiger partial charge is 0.357 e. The molecule has 0 amide bonds. The monoisotopic (exact) mass is 399 g/mol. The highest BCUT2D eigenvalue weighted by molar-refractivity contribution is 5.86. The number of aromatic amines is 1. The molecule has 0 unspecified atom stereocenters. The van der Waals surface area contributed by atoms with Crippen LogP contribution in [0.4, 0.5) is 13.2 Å². The van der Waals surface area contributed by atoms with E-state index in [1.165, 1.54) is 27.7 Å². The van der Waals surface area contributed by atoms with Crippen molar-refractivity contribution in [2.75, 3.05) is 19.6 Å². The van der Waals surface area contributed by atoms with Crippen LogP contribution in [0, 0.1) is 24.4 Å². The van der Waals surface area contributed by atoms with Gasteiger partial charge in [-0.3, -0.25) is 4.90 Å². The van der Waals surface area contributed by atoms with Gasteiger partial charge in [-0.25, -0.2) is 13.2 Å². The number of likely N-dealkylation sites (tertiary alicyclic amines) is 1. The lowest BCUT2D eigenvalue weighted by Gasteiger charge is -2.45.